The first-order valence-corrected chi connectivity index (χ1v) is 9.77. The van der Waals surface area contributed by atoms with Crippen LogP contribution in [0.15, 0.2) is 4.99 Å². The summed E-state index contributed by atoms with van der Waals surface area (Å²) in [4.78, 5) is 20.4. The van der Waals surface area contributed by atoms with Crippen LogP contribution in [0.2, 0.25) is 0 Å². The zero-order chi connectivity index (χ0) is 18.9. The molecule has 2 saturated heterocycles. The van der Waals surface area contributed by atoms with Crippen molar-refractivity contribution < 1.29 is 14.3 Å². The molecule has 0 radical (unpaired) electrons. The Morgan fingerprint density at radius 1 is 1.33 bits per heavy atom. The lowest BCUT2D eigenvalue weighted by atomic mass is 10.1. The molecule has 0 spiro atoms. The van der Waals surface area contributed by atoms with Crippen molar-refractivity contribution >= 4 is 36.0 Å². The van der Waals surface area contributed by atoms with E-state index >= 15 is 0 Å². The zero-order valence-electron chi connectivity index (χ0n) is 17.1. The quantitative estimate of drug-likeness (QED) is 0.341. The molecule has 8 nitrogen and oxygen atoms in total. The molecular formula is C18H36IN5O3. The Hall–Kier alpha value is -0.810. The number of hydrogen-bond acceptors (Lipinski definition) is 5. The number of halogens is 1. The Morgan fingerprint density at radius 3 is 2.63 bits per heavy atom. The van der Waals surface area contributed by atoms with E-state index in [9.17, 15) is 4.79 Å². The molecule has 0 aliphatic carbocycles. The van der Waals surface area contributed by atoms with E-state index in [-0.39, 0.29) is 30.1 Å². The highest BCUT2D eigenvalue weighted by Crippen LogP contribution is 2.12. The molecule has 2 N–H and O–H groups in total. The molecule has 1 amide bonds. The number of guanidine groups is 1. The molecular weight excluding hydrogens is 461 g/mol. The van der Waals surface area contributed by atoms with Crippen LogP contribution in [0, 0.1) is 0 Å². The highest BCUT2D eigenvalue weighted by molar-refractivity contribution is 14.0. The van der Waals surface area contributed by atoms with Gasteiger partial charge in [0.1, 0.15) is 0 Å². The molecule has 2 atom stereocenters. The number of piperidine rings is 1. The van der Waals surface area contributed by atoms with Crippen molar-refractivity contribution in [2.75, 3.05) is 53.0 Å². The summed E-state index contributed by atoms with van der Waals surface area (Å²) in [6, 6.07) is 1.19. The van der Waals surface area contributed by atoms with Crippen LogP contribution < -0.4 is 10.6 Å². The molecule has 2 heterocycles. The fourth-order valence-corrected chi connectivity index (χ4v) is 3.57. The van der Waals surface area contributed by atoms with Crippen LogP contribution >= 0.6 is 24.0 Å². The van der Waals surface area contributed by atoms with Gasteiger partial charge in [-0.25, -0.2) is 4.79 Å². The summed E-state index contributed by atoms with van der Waals surface area (Å²) in [6.07, 6.45) is 1.59. The Kier molecular flexibility index (Phi) is 11.3. The van der Waals surface area contributed by atoms with Crippen LogP contribution in [-0.4, -0.2) is 93.0 Å². The highest BCUT2D eigenvalue weighted by atomic mass is 127. The van der Waals surface area contributed by atoms with Crippen molar-refractivity contribution in [2.45, 2.75) is 51.7 Å². The lowest BCUT2D eigenvalue weighted by molar-refractivity contribution is -0.0174. The van der Waals surface area contributed by atoms with E-state index in [1.807, 2.05) is 6.92 Å². The molecule has 9 heteroatoms. The molecule has 2 fully saturated rings. The van der Waals surface area contributed by atoms with Crippen molar-refractivity contribution in [3.63, 3.8) is 0 Å². The molecule has 2 aliphatic heterocycles. The average Bonchev–Trinajstić information content (AvgIpc) is 2.66. The van der Waals surface area contributed by atoms with Gasteiger partial charge in [-0.3, -0.25) is 9.89 Å². The van der Waals surface area contributed by atoms with Gasteiger partial charge in [0.05, 0.1) is 19.8 Å². The van der Waals surface area contributed by atoms with Gasteiger partial charge in [0.2, 0.25) is 0 Å². The third-order valence-corrected chi connectivity index (χ3v) is 5.14. The molecule has 0 saturated carbocycles. The number of likely N-dealkylation sites (tertiary alicyclic amines) is 1. The normalized spacial score (nSPS) is 23.3. The van der Waals surface area contributed by atoms with Crippen molar-refractivity contribution in [3.05, 3.63) is 0 Å². The first-order chi connectivity index (χ1) is 12.5. The second-order valence-electron chi connectivity index (χ2n) is 7.07. The van der Waals surface area contributed by atoms with Crippen LogP contribution in [0.5, 0.6) is 0 Å². The van der Waals surface area contributed by atoms with Crippen LogP contribution in [0.25, 0.3) is 0 Å². The van der Waals surface area contributed by atoms with E-state index in [2.05, 4.69) is 34.4 Å². The van der Waals surface area contributed by atoms with Gasteiger partial charge in [-0.05, 0) is 33.6 Å². The number of aliphatic imine (C=N–C) groups is 1. The van der Waals surface area contributed by atoms with Gasteiger partial charge in [-0.2, -0.15) is 0 Å². The molecule has 0 aromatic rings. The van der Waals surface area contributed by atoms with Crippen molar-refractivity contribution in [3.8, 4) is 0 Å². The van der Waals surface area contributed by atoms with E-state index in [1.165, 1.54) is 0 Å². The van der Waals surface area contributed by atoms with Crippen molar-refractivity contribution in [2.24, 2.45) is 4.99 Å². The maximum atomic E-state index is 11.8. The summed E-state index contributed by atoms with van der Waals surface area (Å²) < 4.78 is 10.6. The van der Waals surface area contributed by atoms with Crippen molar-refractivity contribution in [1.29, 1.82) is 0 Å². The van der Waals surface area contributed by atoms with E-state index in [0.717, 1.165) is 58.2 Å². The highest BCUT2D eigenvalue weighted by Gasteiger charge is 2.25. The number of morpholine rings is 1. The van der Waals surface area contributed by atoms with Gasteiger partial charge in [0.15, 0.2) is 5.96 Å². The minimum absolute atomic E-state index is 0. The lowest BCUT2D eigenvalue weighted by Gasteiger charge is -2.38. The van der Waals surface area contributed by atoms with E-state index < -0.39 is 0 Å². The summed E-state index contributed by atoms with van der Waals surface area (Å²) in [7, 11) is 1.80. The molecule has 2 unspecified atom stereocenters. The van der Waals surface area contributed by atoms with E-state index in [0.29, 0.717) is 24.7 Å². The van der Waals surface area contributed by atoms with E-state index in [4.69, 9.17) is 9.47 Å². The van der Waals surface area contributed by atoms with Gasteiger partial charge in [-0.15, -0.1) is 24.0 Å². The Balaban J connectivity index is 0.00000364. The molecule has 158 valence electrons. The Morgan fingerprint density at radius 2 is 2.04 bits per heavy atom. The first kappa shape index (κ1) is 24.2. The largest absolute Gasteiger partial charge is 0.450 e. The number of hydrogen-bond donors (Lipinski definition) is 2. The second kappa shape index (κ2) is 12.6. The smallest absolute Gasteiger partial charge is 0.409 e. The third kappa shape index (κ3) is 7.61. The monoisotopic (exact) mass is 497 g/mol. The summed E-state index contributed by atoms with van der Waals surface area (Å²) in [5.74, 6) is 0.826. The summed E-state index contributed by atoms with van der Waals surface area (Å²) in [5, 5.41) is 6.92. The number of nitrogens with one attached hydrogen (secondary N) is 2. The predicted molar refractivity (Wildman–Crippen MR) is 118 cm³/mol. The topological polar surface area (TPSA) is 78.4 Å². The fourth-order valence-electron chi connectivity index (χ4n) is 3.57. The van der Waals surface area contributed by atoms with Gasteiger partial charge in [0, 0.05) is 51.4 Å². The summed E-state index contributed by atoms with van der Waals surface area (Å²) in [6.45, 7) is 11.6. The van der Waals surface area contributed by atoms with Crippen LogP contribution in [0.4, 0.5) is 4.79 Å². The number of ether oxygens (including phenoxy) is 2. The van der Waals surface area contributed by atoms with Gasteiger partial charge in [-0.1, -0.05) is 0 Å². The number of carbonyl (C=O) groups is 1. The van der Waals surface area contributed by atoms with E-state index in [1.54, 1.807) is 11.9 Å². The second-order valence-corrected chi connectivity index (χ2v) is 7.07. The standard InChI is InChI=1S/C18H35N5O3.HI/c1-5-26-18(24)22-8-6-16(7-9-22)21-17(19-4)20-12-14(2)23-10-11-25-13-15(23)3;/h14-16H,5-13H2,1-4H3,(H2,19,20,21);1H. The number of rotatable bonds is 5. The number of carbonyl (C=O) groups excluding carboxylic acids is 1. The van der Waals surface area contributed by atoms with Gasteiger partial charge >= 0.3 is 6.09 Å². The Bertz CT molecular complexity index is 472. The average molecular weight is 497 g/mol. The minimum atomic E-state index is -0.207. The predicted octanol–water partition coefficient (Wildman–Crippen LogP) is 1.50. The zero-order valence-corrected chi connectivity index (χ0v) is 19.4. The molecule has 2 rings (SSSR count). The van der Waals surface area contributed by atoms with Gasteiger partial charge < -0.3 is 25.0 Å². The number of nitrogens with zero attached hydrogens (tertiary/aromatic N) is 3. The fraction of sp³-hybridized carbons (Fsp3) is 0.889. The third-order valence-electron chi connectivity index (χ3n) is 5.14. The van der Waals surface area contributed by atoms with Crippen LogP contribution in [0.3, 0.4) is 0 Å². The molecule has 0 bridgehead atoms. The SMILES string of the molecule is CCOC(=O)N1CCC(NC(=NC)NCC(C)N2CCOCC2C)CC1.I. The minimum Gasteiger partial charge on any atom is -0.450 e. The number of amides is 1. The molecule has 0 aromatic carbocycles. The molecule has 2 aliphatic rings. The summed E-state index contributed by atoms with van der Waals surface area (Å²) >= 11 is 0. The lowest BCUT2D eigenvalue weighted by Crippen LogP contribution is -2.54. The van der Waals surface area contributed by atoms with Gasteiger partial charge in [0.25, 0.3) is 0 Å². The van der Waals surface area contributed by atoms with Crippen LogP contribution in [-0.2, 0) is 9.47 Å². The Labute approximate surface area is 180 Å². The molecule has 0 aromatic heterocycles. The van der Waals surface area contributed by atoms with Crippen LogP contribution in [0.1, 0.15) is 33.6 Å². The first-order valence-electron chi connectivity index (χ1n) is 9.77. The maximum Gasteiger partial charge on any atom is 0.409 e. The maximum absolute atomic E-state index is 11.8. The summed E-state index contributed by atoms with van der Waals surface area (Å²) in [5.41, 5.74) is 0. The van der Waals surface area contributed by atoms with Crippen molar-refractivity contribution in [1.82, 2.24) is 20.4 Å². The molecule has 27 heavy (non-hydrogen) atoms.